The molecule has 19 heavy (non-hydrogen) atoms. The molecule has 2 aromatic heterocycles. The van der Waals surface area contributed by atoms with Gasteiger partial charge in [-0.3, -0.25) is 4.57 Å². The van der Waals surface area contributed by atoms with E-state index in [-0.39, 0.29) is 0 Å². The number of nitrogens with one attached hydrogen (secondary N) is 1. The first-order valence-corrected chi connectivity index (χ1v) is 5.97. The number of rotatable bonds is 3. The first-order chi connectivity index (χ1) is 9.29. The van der Waals surface area contributed by atoms with Gasteiger partial charge in [-0.05, 0) is 12.1 Å². The van der Waals surface area contributed by atoms with Gasteiger partial charge < -0.3 is 5.32 Å². The van der Waals surface area contributed by atoms with Gasteiger partial charge in [-0.15, -0.1) is 10.2 Å². The molecule has 0 aliphatic rings. The molecule has 0 amide bonds. The zero-order valence-corrected chi connectivity index (χ0v) is 10.8. The van der Waals surface area contributed by atoms with Gasteiger partial charge >= 0.3 is 0 Å². The number of benzene rings is 1. The minimum absolute atomic E-state index is 0.725. The molecule has 96 valence electrons. The van der Waals surface area contributed by atoms with Gasteiger partial charge in [0.25, 0.3) is 0 Å². The summed E-state index contributed by atoms with van der Waals surface area (Å²) >= 11 is 0. The lowest BCUT2D eigenvalue weighted by Crippen LogP contribution is -1.99. The highest BCUT2D eigenvalue weighted by atomic mass is 15.3. The minimum Gasteiger partial charge on any atom is -0.357 e. The maximum atomic E-state index is 4.35. The van der Waals surface area contributed by atoms with Crippen LogP contribution in [0.3, 0.4) is 0 Å². The van der Waals surface area contributed by atoms with Crippen molar-refractivity contribution in [2.45, 2.75) is 0 Å². The maximum absolute atomic E-state index is 4.35. The maximum Gasteiger partial charge on any atom is 0.224 e. The van der Waals surface area contributed by atoms with E-state index in [9.17, 15) is 0 Å². The summed E-state index contributed by atoms with van der Waals surface area (Å²) in [6.07, 6.45) is 3.73. The number of nitrogens with zero attached hydrogens (tertiary/aromatic N) is 5. The van der Waals surface area contributed by atoms with Crippen LogP contribution in [0.2, 0.25) is 0 Å². The van der Waals surface area contributed by atoms with E-state index in [1.54, 1.807) is 6.20 Å². The van der Waals surface area contributed by atoms with E-state index in [0.717, 1.165) is 23.0 Å². The molecule has 0 radical (unpaired) electrons. The van der Waals surface area contributed by atoms with Crippen molar-refractivity contribution in [3.05, 3.63) is 42.7 Å². The molecule has 2 heterocycles. The second-order valence-corrected chi connectivity index (χ2v) is 4.17. The number of aromatic nitrogens is 5. The molecule has 0 saturated heterocycles. The zero-order valence-electron chi connectivity index (χ0n) is 10.8. The first-order valence-electron chi connectivity index (χ1n) is 5.97. The largest absolute Gasteiger partial charge is 0.357 e. The first kappa shape index (κ1) is 11.5. The molecule has 0 unspecified atom stereocenters. The smallest absolute Gasteiger partial charge is 0.224 e. The molecule has 3 rings (SSSR count). The van der Waals surface area contributed by atoms with Crippen LogP contribution in [0.15, 0.2) is 42.7 Å². The van der Waals surface area contributed by atoms with Gasteiger partial charge in [-0.2, -0.15) is 5.10 Å². The third kappa shape index (κ3) is 1.97. The second kappa shape index (κ2) is 4.56. The van der Waals surface area contributed by atoms with Crippen molar-refractivity contribution in [1.82, 2.24) is 24.5 Å². The topological polar surface area (TPSA) is 60.6 Å². The number of hydrogen-bond acceptors (Lipinski definition) is 4. The Morgan fingerprint density at radius 2 is 1.89 bits per heavy atom. The Bertz CT molecular complexity index is 682. The molecule has 1 aromatic carbocycles. The van der Waals surface area contributed by atoms with E-state index in [0.29, 0.717) is 0 Å². The summed E-state index contributed by atoms with van der Waals surface area (Å²) in [5.41, 5.74) is 1.95. The van der Waals surface area contributed by atoms with Gasteiger partial charge in [0, 0.05) is 20.3 Å². The normalized spacial score (nSPS) is 10.6. The van der Waals surface area contributed by atoms with E-state index in [4.69, 9.17) is 0 Å². The molecule has 1 N–H and O–H groups in total. The summed E-state index contributed by atoms with van der Waals surface area (Å²) in [6.45, 7) is 0. The van der Waals surface area contributed by atoms with Crippen molar-refractivity contribution < 1.29 is 0 Å². The highest BCUT2D eigenvalue weighted by molar-refractivity contribution is 5.56. The lowest BCUT2D eigenvalue weighted by atomic mass is 10.3. The van der Waals surface area contributed by atoms with E-state index in [1.165, 1.54) is 0 Å². The van der Waals surface area contributed by atoms with Crippen molar-refractivity contribution >= 4 is 5.95 Å². The van der Waals surface area contributed by atoms with E-state index in [2.05, 4.69) is 20.6 Å². The van der Waals surface area contributed by atoms with Crippen LogP contribution in [-0.2, 0) is 7.05 Å². The Balaban J connectivity index is 1.99. The van der Waals surface area contributed by atoms with Crippen LogP contribution in [-0.4, -0.2) is 31.6 Å². The lowest BCUT2D eigenvalue weighted by Gasteiger charge is -2.01. The molecule has 0 saturated carbocycles. The van der Waals surface area contributed by atoms with Crippen LogP contribution in [0.4, 0.5) is 5.95 Å². The van der Waals surface area contributed by atoms with Crippen molar-refractivity contribution in [2.75, 3.05) is 12.4 Å². The van der Waals surface area contributed by atoms with Crippen molar-refractivity contribution in [2.24, 2.45) is 7.05 Å². The van der Waals surface area contributed by atoms with Gasteiger partial charge in [0.05, 0.1) is 17.4 Å². The predicted octanol–water partition coefficient (Wildman–Crippen LogP) is 1.71. The van der Waals surface area contributed by atoms with Gasteiger partial charge in [0.15, 0.2) is 5.82 Å². The van der Waals surface area contributed by atoms with Crippen LogP contribution in [0.1, 0.15) is 0 Å². The molecule has 0 aliphatic heterocycles. The second-order valence-electron chi connectivity index (χ2n) is 4.17. The highest BCUT2D eigenvalue weighted by Crippen LogP contribution is 2.19. The molecule has 0 spiro atoms. The van der Waals surface area contributed by atoms with Gasteiger partial charge in [0.1, 0.15) is 0 Å². The van der Waals surface area contributed by atoms with Gasteiger partial charge in [-0.1, -0.05) is 18.2 Å². The molecule has 0 fully saturated rings. The average molecular weight is 254 g/mol. The molecule has 0 bridgehead atoms. The Labute approximate surface area is 110 Å². The fourth-order valence-corrected chi connectivity index (χ4v) is 1.96. The molecule has 6 nitrogen and oxygen atoms in total. The third-order valence-corrected chi connectivity index (χ3v) is 2.96. The van der Waals surface area contributed by atoms with Crippen LogP contribution < -0.4 is 5.32 Å². The molecular weight excluding hydrogens is 240 g/mol. The average Bonchev–Trinajstić information content (AvgIpc) is 3.06. The third-order valence-electron chi connectivity index (χ3n) is 2.96. The molecule has 6 heteroatoms. The fraction of sp³-hybridized carbons (Fsp3) is 0.154. The van der Waals surface area contributed by atoms with Gasteiger partial charge in [0.2, 0.25) is 5.95 Å². The number of hydrogen-bond donors (Lipinski definition) is 1. The Morgan fingerprint density at radius 1 is 1.11 bits per heavy atom. The predicted molar refractivity (Wildman–Crippen MR) is 73.1 cm³/mol. The standard InChI is InChI=1S/C13H14N6/c1-14-13-17-16-12(18(13)2)10-8-15-19(9-10)11-6-4-3-5-7-11/h3-9H,1-2H3,(H,14,17). The number of para-hydroxylation sites is 1. The van der Waals surface area contributed by atoms with Crippen LogP contribution in [0.5, 0.6) is 0 Å². The molecular formula is C13H14N6. The van der Waals surface area contributed by atoms with Crippen LogP contribution >= 0.6 is 0 Å². The van der Waals surface area contributed by atoms with E-state index < -0.39 is 0 Å². The summed E-state index contributed by atoms with van der Waals surface area (Å²) in [6, 6.07) is 9.96. The van der Waals surface area contributed by atoms with Crippen molar-refractivity contribution in [3.63, 3.8) is 0 Å². The summed E-state index contributed by atoms with van der Waals surface area (Å²) in [5.74, 6) is 1.51. The summed E-state index contributed by atoms with van der Waals surface area (Å²) < 4.78 is 3.72. The Morgan fingerprint density at radius 3 is 2.58 bits per heavy atom. The zero-order chi connectivity index (χ0) is 13.2. The molecule has 0 aliphatic carbocycles. The fourth-order valence-electron chi connectivity index (χ4n) is 1.96. The van der Waals surface area contributed by atoms with Crippen molar-refractivity contribution in [1.29, 1.82) is 0 Å². The van der Waals surface area contributed by atoms with E-state index in [1.807, 2.05) is 59.9 Å². The van der Waals surface area contributed by atoms with E-state index >= 15 is 0 Å². The molecule has 3 aromatic rings. The molecule has 0 atom stereocenters. The van der Waals surface area contributed by atoms with Gasteiger partial charge in [-0.25, -0.2) is 4.68 Å². The quantitative estimate of drug-likeness (QED) is 0.773. The summed E-state index contributed by atoms with van der Waals surface area (Å²) in [4.78, 5) is 0. The SMILES string of the molecule is CNc1nnc(-c2cnn(-c3ccccc3)c2)n1C. The van der Waals surface area contributed by atoms with Crippen LogP contribution in [0, 0.1) is 0 Å². The van der Waals surface area contributed by atoms with Crippen molar-refractivity contribution in [3.8, 4) is 17.1 Å². The number of anilines is 1. The summed E-state index contributed by atoms with van der Waals surface area (Å²) in [5, 5.41) is 15.6. The summed E-state index contributed by atoms with van der Waals surface area (Å²) in [7, 11) is 3.74. The highest BCUT2D eigenvalue weighted by Gasteiger charge is 2.11. The lowest BCUT2D eigenvalue weighted by molar-refractivity contribution is 0.880. The van der Waals surface area contributed by atoms with Crippen LogP contribution in [0.25, 0.3) is 17.1 Å². The minimum atomic E-state index is 0.725. The Hall–Kier alpha value is -2.63. The Kier molecular flexibility index (Phi) is 2.75. The monoisotopic (exact) mass is 254 g/mol.